The van der Waals surface area contributed by atoms with Crippen LogP contribution in [0.15, 0.2) is 48.5 Å². The second-order valence-corrected chi connectivity index (χ2v) is 5.35. The minimum absolute atomic E-state index is 0.0716. The molecule has 0 aliphatic heterocycles. The van der Waals surface area contributed by atoms with Crippen molar-refractivity contribution in [2.24, 2.45) is 0 Å². The van der Waals surface area contributed by atoms with Crippen molar-refractivity contribution < 1.29 is 4.74 Å². The third-order valence-electron chi connectivity index (χ3n) is 3.45. The zero-order chi connectivity index (χ0) is 13.8. The van der Waals surface area contributed by atoms with E-state index in [4.69, 9.17) is 4.74 Å². The van der Waals surface area contributed by atoms with Crippen LogP contribution in [-0.2, 0) is 0 Å². The molecule has 0 radical (unpaired) electrons. The Bertz CT molecular complexity index is 529. The number of rotatable bonds is 4. The monoisotopic (exact) mass is 254 g/mol. The second-order valence-electron chi connectivity index (χ2n) is 5.35. The molecule has 0 saturated carbocycles. The number of benzene rings is 2. The SMILES string of the molecule is Cc1ccc(C(C)C)cc1OC(C)c1ccccc1. The summed E-state index contributed by atoms with van der Waals surface area (Å²) in [4.78, 5) is 0. The molecule has 0 bridgehead atoms. The molecule has 0 aromatic heterocycles. The van der Waals surface area contributed by atoms with Gasteiger partial charge in [-0.15, -0.1) is 0 Å². The second kappa shape index (κ2) is 5.92. The van der Waals surface area contributed by atoms with Gasteiger partial charge in [-0.25, -0.2) is 0 Å². The van der Waals surface area contributed by atoms with Crippen LogP contribution in [0.3, 0.4) is 0 Å². The summed E-state index contributed by atoms with van der Waals surface area (Å²) < 4.78 is 6.12. The van der Waals surface area contributed by atoms with E-state index in [1.807, 2.05) is 18.2 Å². The van der Waals surface area contributed by atoms with Crippen LogP contribution in [0.1, 0.15) is 49.5 Å². The van der Waals surface area contributed by atoms with Gasteiger partial charge in [0, 0.05) is 0 Å². The first-order valence-electron chi connectivity index (χ1n) is 6.90. The summed E-state index contributed by atoms with van der Waals surface area (Å²) in [6.45, 7) is 8.60. The maximum Gasteiger partial charge on any atom is 0.123 e. The fourth-order valence-electron chi connectivity index (χ4n) is 2.09. The quantitative estimate of drug-likeness (QED) is 0.723. The molecule has 1 atom stereocenters. The standard InChI is InChI=1S/C18H22O/c1-13(2)17-11-10-14(3)18(12-17)19-15(4)16-8-6-5-7-9-16/h5-13,15H,1-4H3. The molecular formula is C18H22O. The van der Waals surface area contributed by atoms with E-state index in [0.717, 1.165) is 5.75 Å². The Labute approximate surface area is 116 Å². The lowest BCUT2D eigenvalue weighted by Crippen LogP contribution is -2.04. The van der Waals surface area contributed by atoms with Crippen LogP contribution in [-0.4, -0.2) is 0 Å². The van der Waals surface area contributed by atoms with E-state index in [9.17, 15) is 0 Å². The van der Waals surface area contributed by atoms with Gasteiger partial charge in [-0.1, -0.05) is 56.3 Å². The van der Waals surface area contributed by atoms with Crippen molar-refractivity contribution in [2.75, 3.05) is 0 Å². The number of hydrogen-bond donors (Lipinski definition) is 0. The lowest BCUT2D eigenvalue weighted by Gasteiger charge is -2.18. The van der Waals surface area contributed by atoms with Gasteiger partial charge in [0.1, 0.15) is 11.9 Å². The molecule has 0 fully saturated rings. The van der Waals surface area contributed by atoms with Gasteiger partial charge in [-0.2, -0.15) is 0 Å². The fourth-order valence-corrected chi connectivity index (χ4v) is 2.09. The Hall–Kier alpha value is -1.76. The molecule has 100 valence electrons. The minimum Gasteiger partial charge on any atom is -0.486 e. The molecule has 0 aliphatic carbocycles. The summed E-state index contributed by atoms with van der Waals surface area (Å²) in [5.41, 5.74) is 3.71. The number of ether oxygens (including phenoxy) is 1. The van der Waals surface area contributed by atoms with E-state index in [-0.39, 0.29) is 6.10 Å². The third kappa shape index (κ3) is 3.37. The van der Waals surface area contributed by atoms with Gasteiger partial charge in [0.25, 0.3) is 0 Å². The maximum absolute atomic E-state index is 6.12. The maximum atomic E-state index is 6.12. The summed E-state index contributed by atoms with van der Waals surface area (Å²) >= 11 is 0. The van der Waals surface area contributed by atoms with Crippen LogP contribution in [0.5, 0.6) is 5.75 Å². The summed E-state index contributed by atoms with van der Waals surface area (Å²) in [6.07, 6.45) is 0.0716. The Morgan fingerprint density at radius 1 is 0.842 bits per heavy atom. The van der Waals surface area contributed by atoms with Crippen LogP contribution < -0.4 is 4.74 Å². The lowest BCUT2D eigenvalue weighted by atomic mass is 10.0. The minimum atomic E-state index is 0.0716. The van der Waals surface area contributed by atoms with Gasteiger partial charge < -0.3 is 4.74 Å². The van der Waals surface area contributed by atoms with Crippen molar-refractivity contribution >= 4 is 0 Å². The van der Waals surface area contributed by atoms with E-state index in [2.05, 4.69) is 58.0 Å². The van der Waals surface area contributed by atoms with Gasteiger partial charge in [-0.3, -0.25) is 0 Å². The highest BCUT2D eigenvalue weighted by atomic mass is 16.5. The van der Waals surface area contributed by atoms with Crippen LogP contribution >= 0.6 is 0 Å². The smallest absolute Gasteiger partial charge is 0.123 e. The Kier molecular flexibility index (Phi) is 4.26. The third-order valence-corrected chi connectivity index (χ3v) is 3.45. The molecule has 2 aromatic rings. The summed E-state index contributed by atoms with van der Waals surface area (Å²) in [5, 5.41) is 0. The number of aryl methyl sites for hydroxylation is 1. The molecule has 0 heterocycles. The van der Waals surface area contributed by atoms with E-state index < -0.39 is 0 Å². The van der Waals surface area contributed by atoms with Crippen molar-refractivity contribution in [1.82, 2.24) is 0 Å². The normalized spacial score (nSPS) is 12.5. The summed E-state index contributed by atoms with van der Waals surface area (Å²) in [5.74, 6) is 1.51. The highest BCUT2D eigenvalue weighted by molar-refractivity contribution is 5.38. The Morgan fingerprint density at radius 3 is 2.16 bits per heavy atom. The van der Waals surface area contributed by atoms with Crippen molar-refractivity contribution in [3.8, 4) is 5.75 Å². The fraction of sp³-hybridized carbons (Fsp3) is 0.333. The molecule has 0 N–H and O–H groups in total. The molecule has 0 amide bonds. The molecule has 0 spiro atoms. The van der Waals surface area contributed by atoms with Crippen LogP contribution in [0.4, 0.5) is 0 Å². The molecule has 1 nitrogen and oxygen atoms in total. The first-order valence-corrected chi connectivity index (χ1v) is 6.90. The molecule has 1 unspecified atom stereocenters. The lowest BCUT2D eigenvalue weighted by molar-refractivity contribution is 0.225. The van der Waals surface area contributed by atoms with Crippen LogP contribution in [0.2, 0.25) is 0 Å². The average Bonchev–Trinajstić information content (AvgIpc) is 2.42. The topological polar surface area (TPSA) is 9.23 Å². The molecule has 19 heavy (non-hydrogen) atoms. The molecular weight excluding hydrogens is 232 g/mol. The van der Waals surface area contributed by atoms with Crippen molar-refractivity contribution in [1.29, 1.82) is 0 Å². The van der Waals surface area contributed by atoms with E-state index in [0.29, 0.717) is 5.92 Å². The molecule has 1 heteroatoms. The molecule has 0 saturated heterocycles. The Balaban J connectivity index is 2.21. The van der Waals surface area contributed by atoms with E-state index in [1.54, 1.807) is 0 Å². The van der Waals surface area contributed by atoms with Crippen LogP contribution in [0, 0.1) is 6.92 Å². The van der Waals surface area contributed by atoms with Gasteiger partial charge in [-0.05, 0) is 42.5 Å². The predicted octanol–water partition coefficient (Wildman–Crippen LogP) is 5.26. The van der Waals surface area contributed by atoms with E-state index in [1.165, 1.54) is 16.7 Å². The summed E-state index contributed by atoms with van der Waals surface area (Å²) in [6, 6.07) is 16.8. The highest BCUT2D eigenvalue weighted by Crippen LogP contribution is 2.28. The van der Waals surface area contributed by atoms with Crippen molar-refractivity contribution in [2.45, 2.75) is 39.7 Å². The van der Waals surface area contributed by atoms with Gasteiger partial charge in [0.15, 0.2) is 0 Å². The Morgan fingerprint density at radius 2 is 1.53 bits per heavy atom. The van der Waals surface area contributed by atoms with Gasteiger partial charge in [0.05, 0.1) is 0 Å². The molecule has 0 aliphatic rings. The zero-order valence-electron chi connectivity index (χ0n) is 12.2. The van der Waals surface area contributed by atoms with E-state index >= 15 is 0 Å². The largest absolute Gasteiger partial charge is 0.486 e. The molecule has 2 aromatic carbocycles. The first kappa shape index (κ1) is 13.7. The van der Waals surface area contributed by atoms with Crippen molar-refractivity contribution in [3.05, 3.63) is 65.2 Å². The van der Waals surface area contributed by atoms with Crippen LogP contribution in [0.25, 0.3) is 0 Å². The average molecular weight is 254 g/mol. The van der Waals surface area contributed by atoms with Crippen molar-refractivity contribution in [3.63, 3.8) is 0 Å². The molecule has 2 rings (SSSR count). The number of hydrogen-bond acceptors (Lipinski definition) is 1. The van der Waals surface area contributed by atoms with Gasteiger partial charge in [0.2, 0.25) is 0 Å². The highest BCUT2D eigenvalue weighted by Gasteiger charge is 2.10. The summed E-state index contributed by atoms with van der Waals surface area (Å²) in [7, 11) is 0. The predicted molar refractivity (Wildman–Crippen MR) is 80.8 cm³/mol. The zero-order valence-corrected chi connectivity index (χ0v) is 12.2. The first-order chi connectivity index (χ1) is 9.08. The van der Waals surface area contributed by atoms with Gasteiger partial charge >= 0.3 is 0 Å².